The molecule has 80 valence electrons. The van der Waals surface area contributed by atoms with Crippen molar-refractivity contribution in [1.82, 2.24) is 0 Å². The first-order chi connectivity index (χ1) is 6.99. The molecule has 0 fully saturated rings. The number of carboxylic acid groups (broad SMARTS) is 1. The van der Waals surface area contributed by atoms with Gasteiger partial charge in [-0.15, -0.1) is 6.58 Å². The standard InChI is InChI=1S/C11H12O4/c1-3-4-7-9(13)5-8(12)6(2)10(7)11(14)15/h3,5,12-13H,1,4H2,2H3,(H,14,15). The van der Waals surface area contributed by atoms with Gasteiger partial charge < -0.3 is 15.3 Å². The summed E-state index contributed by atoms with van der Waals surface area (Å²) in [6.45, 7) is 4.97. The summed E-state index contributed by atoms with van der Waals surface area (Å²) in [5.41, 5.74) is 0.456. The molecule has 0 saturated heterocycles. The second-order valence-corrected chi connectivity index (χ2v) is 3.19. The van der Waals surface area contributed by atoms with Crippen LogP contribution in [0.4, 0.5) is 0 Å². The van der Waals surface area contributed by atoms with Gasteiger partial charge in [0.15, 0.2) is 0 Å². The molecular formula is C11H12O4. The predicted molar refractivity (Wildman–Crippen MR) is 55.4 cm³/mol. The zero-order chi connectivity index (χ0) is 11.6. The van der Waals surface area contributed by atoms with E-state index in [1.807, 2.05) is 0 Å². The van der Waals surface area contributed by atoms with Crippen molar-refractivity contribution in [2.24, 2.45) is 0 Å². The van der Waals surface area contributed by atoms with E-state index in [1.54, 1.807) is 0 Å². The zero-order valence-electron chi connectivity index (χ0n) is 8.32. The minimum Gasteiger partial charge on any atom is -0.508 e. The van der Waals surface area contributed by atoms with Crippen molar-refractivity contribution in [3.63, 3.8) is 0 Å². The summed E-state index contributed by atoms with van der Waals surface area (Å²) < 4.78 is 0. The lowest BCUT2D eigenvalue weighted by Crippen LogP contribution is -2.05. The number of phenolic OH excluding ortho intramolecular Hbond substituents is 2. The van der Waals surface area contributed by atoms with Gasteiger partial charge in [0.2, 0.25) is 0 Å². The molecule has 3 N–H and O–H groups in total. The number of carbonyl (C=O) groups is 1. The van der Waals surface area contributed by atoms with Crippen LogP contribution in [-0.4, -0.2) is 21.3 Å². The van der Waals surface area contributed by atoms with Crippen LogP contribution >= 0.6 is 0 Å². The van der Waals surface area contributed by atoms with Crippen molar-refractivity contribution in [2.75, 3.05) is 0 Å². The van der Waals surface area contributed by atoms with Crippen molar-refractivity contribution in [3.8, 4) is 11.5 Å². The lowest BCUT2D eigenvalue weighted by Gasteiger charge is -2.11. The van der Waals surface area contributed by atoms with Gasteiger partial charge in [0, 0.05) is 17.2 Å². The first-order valence-corrected chi connectivity index (χ1v) is 4.37. The average molecular weight is 208 g/mol. The molecule has 1 aromatic rings. The fourth-order valence-electron chi connectivity index (χ4n) is 1.45. The topological polar surface area (TPSA) is 77.8 Å². The zero-order valence-corrected chi connectivity index (χ0v) is 8.32. The van der Waals surface area contributed by atoms with Crippen molar-refractivity contribution >= 4 is 5.97 Å². The second-order valence-electron chi connectivity index (χ2n) is 3.19. The van der Waals surface area contributed by atoms with E-state index in [0.717, 1.165) is 6.07 Å². The number of carboxylic acids is 1. The highest BCUT2D eigenvalue weighted by Gasteiger charge is 2.19. The monoisotopic (exact) mass is 208 g/mol. The second kappa shape index (κ2) is 4.04. The van der Waals surface area contributed by atoms with Gasteiger partial charge in [0.05, 0.1) is 5.56 Å². The number of aromatic hydroxyl groups is 2. The Labute approximate surface area is 87.1 Å². The summed E-state index contributed by atoms with van der Waals surface area (Å²) in [5.74, 6) is -1.62. The molecule has 0 atom stereocenters. The first-order valence-electron chi connectivity index (χ1n) is 4.37. The van der Waals surface area contributed by atoms with Crippen LogP contribution in [-0.2, 0) is 6.42 Å². The Morgan fingerprint density at radius 3 is 2.53 bits per heavy atom. The number of phenols is 2. The number of aromatic carboxylic acids is 1. The Balaban J connectivity index is 3.53. The Morgan fingerprint density at radius 1 is 1.47 bits per heavy atom. The molecule has 0 bridgehead atoms. The van der Waals surface area contributed by atoms with Crippen LogP contribution in [0.15, 0.2) is 18.7 Å². The van der Waals surface area contributed by atoms with Crippen LogP contribution in [0.2, 0.25) is 0 Å². The molecule has 0 aliphatic heterocycles. The minimum atomic E-state index is -1.17. The summed E-state index contributed by atoms with van der Waals surface area (Å²) in [6, 6.07) is 1.14. The Hall–Kier alpha value is -1.97. The summed E-state index contributed by atoms with van der Waals surface area (Å²) in [6.07, 6.45) is 1.74. The van der Waals surface area contributed by atoms with Crippen molar-refractivity contribution < 1.29 is 20.1 Å². The van der Waals surface area contributed by atoms with Gasteiger partial charge in [-0.1, -0.05) is 6.08 Å². The van der Waals surface area contributed by atoms with Gasteiger partial charge in [0.25, 0.3) is 0 Å². The van der Waals surface area contributed by atoms with E-state index in [9.17, 15) is 15.0 Å². The van der Waals surface area contributed by atoms with E-state index in [4.69, 9.17) is 5.11 Å². The number of hydrogen-bond acceptors (Lipinski definition) is 3. The highest BCUT2D eigenvalue weighted by Crippen LogP contribution is 2.32. The van der Waals surface area contributed by atoms with E-state index in [-0.39, 0.29) is 34.6 Å². The quantitative estimate of drug-likeness (QED) is 0.662. The predicted octanol–water partition coefficient (Wildman–Crippen LogP) is 1.83. The molecule has 0 heterocycles. The Kier molecular flexibility index (Phi) is 2.99. The third-order valence-electron chi connectivity index (χ3n) is 2.21. The van der Waals surface area contributed by atoms with Crippen LogP contribution < -0.4 is 0 Å². The summed E-state index contributed by atoms with van der Waals surface area (Å²) in [7, 11) is 0. The molecule has 4 nitrogen and oxygen atoms in total. The molecule has 0 amide bonds. The van der Waals surface area contributed by atoms with E-state index in [2.05, 4.69) is 6.58 Å². The van der Waals surface area contributed by atoms with Crippen LogP contribution in [0, 0.1) is 6.92 Å². The van der Waals surface area contributed by atoms with Crippen LogP contribution in [0.3, 0.4) is 0 Å². The maximum Gasteiger partial charge on any atom is 0.336 e. The van der Waals surface area contributed by atoms with Crippen molar-refractivity contribution in [1.29, 1.82) is 0 Å². The van der Waals surface area contributed by atoms with Gasteiger partial charge in [-0.05, 0) is 13.3 Å². The lowest BCUT2D eigenvalue weighted by molar-refractivity contribution is 0.0694. The SMILES string of the molecule is C=CCc1c(O)cc(O)c(C)c1C(=O)O. The molecule has 0 saturated carbocycles. The highest BCUT2D eigenvalue weighted by molar-refractivity contribution is 5.93. The fourth-order valence-corrected chi connectivity index (χ4v) is 1.45. The van der Waals surface area contributed by atoms with Gasteiger partial charge in [-0.25, -0.2) is 4.79 Å². The van der Waals surface area contributed by atoms with E-state index in [0.29, 0.717) is 0 Å². The van der Waals surface area contributed by atoms with Crippen LogP contribution in [0.25, 0.3) is 0 Å². The van der Waals surface area contributed by atoms with Crippen molar-refractivity contribution in [2.45, 2.75) is 13.3 Å². The summed E-state index contributed by atoms with van der Waals surface area (Å²) in [5, 5.41) is 27.8. The van der Waals surface area contributed by atoms with E-state index < -0.39 is 5.97 Å². The van der Waals surface area contributed by atoms with Gasteiger partial charge in [0.1, 0.15) is 11.5 Å². The van der Waals surface area contributed by atoms with Crippen molar-refractivity contribution in [3.05, 3.63) is 35.4 Å². The molecule has 0 aliphatic carbocycles. The Bertz CT molecular complexity index is 421. The van der Waals surface area contributed by atoms with Gasteiger partial charge >= 0.3 is 5.97 Å². The largest absolute Gasteiger partial charge is 0.508 e. The number of hydrogen-bond donors (Lipinski definition) is 3. The van der Waals surface area contributed by atoms with E-state index in [1.165, 1.54) is 13.0 Å². The van der Waals surface area contributed by atoms with Crippen LogP contribution in [0.1, 0.15) is 21.5 Å². The molecule has 4 heteroatoms. The van der Waals surface area contributed by atoms with Gasteiger partial charge in [-0.2, -0.15) is 0 Å². The van der Waals surface area contributed by atoms with Crippen LogP contribution in [0.5, 0.6) is 11.5 Å². The summed E-state index contributed by atoms with van der Waals surface area (Å²) in [4.78, 5) is 11.0. The van der Waals surface area contributed by atoms with E-state index >= 15 is 0 Å². The maximum atomic E-state index is 11.0. The maximum absolute atomic E-state index is 11.0. The number of rotatable bonds is 3. The lowest BCUT2D eigenvalue weighted by atomic mass is 9.97. The molecule has 0 spiro atoms. The number of benzene rings is 1. The number of allylic oxidation sites excluding steroid dienone is 1. The molecular weight excluding hydrogens is 196 g/mol. The fraction of sp³-hybridized carbons (Fsp3) is 0.182. The molecule has 0 radical (unpaired) electrons. The molecule has 1 aromatic carbocycles. The summed E-state index contributed by atoms with van der Waals surface area (Å²) >= 11 is 0. The normalized spacial score (nSPS) is 9.93. The van der Waals surface area contributed by atoms with Gasteiger partial charge in [-0.3, -0.25) is 0 Å². The molecule has 0 aromatic heterocycles. The minimum absolute atomic E-state index is 0.0626. The average Bonchev–Trinajstić information content (AvgIpc) is 2.14. The molecule has 0 unspecified atom stereocenters. The molecule has 1 rings (SSSR count). The molecule has 0 aliphatic rings. The Morgan fingerprint density at radius 2 is 2.07 bits per heavy atom. The molecule has 15 heavy (non-hydrogen) atoms. The smallest absolute Gasteiger partial charge is 0.336 e. The first kappa shape index (κ1) is 11.1. The third kappa shape index (κ3) is 1.93. The third-order valence-corrected chi connectivity index (χ3v) is 2.21. The highest BCUT2D eigenvalue weighted by atomic mass is 16.4.